The van der Waals surface area contributed by atoms with Gasteiger partial charge in [-0.05, 0) is 49.8 Å². The van der Waals surface area contributed by atoms with Crippen molar-refractivity contribution < 1.29 is 9.59 Å². The van der Waals surface area contributed by atoms with E-state index in [2.05, 4.69) is 16.5 Å². The largest absolute Gasteiger partial charge is 0.348 e. The summed E-state index contributed by atoms with van der Waals surface area (Å²) in [6.45, 7) is 8.73. The van der Waals surface area contributed by atoms with Crippen LogP contribution < -0.4 is 5.32 Å². The van der Waals surface area contributed by atoms with Crippen molar-refractivity contribution in [2.24, 2.45) is 13.0 Å². The van der Waals surface area contributed by atoms with E-state index >= 15 is 0 Å². The van der Waals surface area contributed by atoms with Gasteiger partial charge in [-0.2, -0.15) is 5.10 Å². The Morgan fingerprint density at radius 2 is 2.00 bits per heavy atom. The number of amides is 2. The van der Waals surface area contributed by atoms with Gasteiger partial charge in [0.25, 0.3) is 0 Å². The second-order valence-electron chi connectivity index (χ2n) is 8.62. The summed E-state index contributed by atoms with van der Waals surface area (Å²) in [6, 6.07) is 7.46. The van der Waals surface area contributed by atoms with Crippen LogP contribution >= 0.6 is 11.6 Å². The molecule has 2 heterocycles. The average molecular weight is 431 g/mol. The molecule has 2 unspecified atom stereocenters. The van der Waals surface area contributed by atoms with Crippen molar-refractivity contribution >= 4 is 23.4 Å². The molecule has 1 aliphatic rings. The Kier molecular flexibility index (Phi) is 6.86. The molecule has 0 saturated carbocycles. The number of halogens is 1. The van der Waals surface area contributed by atoms with Crippen LogP contribution in [0.15, 0.2) is 24.3 Å². The van der Waals surface area contributed by atoms with Crippen molar-refractivity contribution in [3.05, 3.63) is 40.5 Å². The van der Waals surface area contributed by atoms with Crippen molar-refractivity contribution in [2.45, 2.75) is 59.0 Å². The van der Waals surface area contributed by atoms with E-state index in [0.29, 0.717) is 18.1 Å². The molecule has 0 bridgehead atoms. The number of hydrogen-bond acceptors (Lipinski definition) is 3. The van der Waals surface area contributed by atoms with Crippen LogP contribution in [0, 0.1) is 12.8 Å². The van der Waals surface area contributed by atoms with Crippen molar-refractivity contribution in [3.8, 4) is 11.3 Å². The molecule has 2 aromatic rings. The Labute approximate surface area is 183 Å². The lowest BCUT2D eigenvalue weighted by molar-refractivity contribution is -0.139. The summed E-state index contributed by atoms with van der Waals surface area (Å²) in [6.07, 6.45) is 2.08. The maximum atomic E-state index is 12.9. The highest BCUT2D eigenvalue weighted by Gasteiger charge is 2.34. The van der Waals surface area contributed by atoms with E-state index in [4.69, 9.17) is 11.6 Å². The number of nitrogens with zero attached hydrogens (tertiary/aromatic N) is 3. The molecule has 2 atom stereocenters. The first kappa shape index (κ1) is 22.3. The van der Waals surface area contributed by atoms with E-state index in [1.807, 2.05) is 52.9 Å². The molecule has 1 aromatic carbocycles. The van der Waals surface area contributed by atoms with Crippen LogP contribution in [0.2, 0.25) is 5.15 Å². The third-order valence-corrected chi connectivity index (χ3v) is 5.88. The molecule has 0 aliphatic carbocycles. The molecule has 3 rings (SSSR count). The number of aromatic nitrogens is 2. The Hall–Kier alpha value is -2.34. The van der Waals surface area contributed by atoms with Gasteiger partial charge in [0.05, 0.1) is 11.7 Å². The average Bonchev–Trinajstić information content (AvgIpc) is 3.27. The molecule has 1 fully saturated rings. The number of likely N-dealkylation sites (tertiary alicyclic amines) is 1. The van der Waals surface area contributed by atoms with E-state index in [-0.39, 0.29) is 29.8 Å². The lowest BCUT2D eigenvalue weighted by atomic mass is 9.98. The molecule has 0 spiro atoms. The molecule has 0 radical (unpaired) electrons. The zero-order valence-electron chi connectivity index (χ0n) is 18.4. The Morgan fingerprint density at radius 3 is 2.60 bits per heavy atom. The molecule has 162 valence electrons. The van der Waals surface area contributed by atoms with Crippen LogP contribution in [-0.4, -0.2) is 39.1 Å². The minimum atomic E-state index is -0.366. The van der Waals surface area contributed by atoms with Gasteiger partial charge < -0.3 is 10.2 Å². The fourth-order valence-corrected chi connectivity index (χ4v) is 4.43. The van der Waals surface area contributed by atoms with Gasteiger partial charge in [0.15, 0.2) is 5.15 Å². The topological polar surface area (TPSA) is 67.2 Å². The van der Waals surface area contributed by atoms with Gasteiger partial charge in [-0.15, -0.1) is 0 Å². The highest BCUT2D eigenvalue weighted by molar-refractivity contribution is 6.29. The van der Waals surface area contributed by atoms with Crippen molar-refractivity contribution in [1.82, 2.24) is 20.0 Å². The van der Waals surface area contributed by atoms with Gasteiger partial charge in [0, 0.05) is 31.6 Å². The minimum Gasteiger partial charge on any atom is -0.348 e. The first-order chi connectivity index (χ1) is 14.2. The van der Waals surface area contributed by atoms with E-state index in [1.54, 1.807) is 9.58 Å². The molecule has 6 nitrogen and oxygen atoms in total. The van der Waals surface area contributed by atoms with Crippen LogP contribution in [0.1, 0.15) is 57.2 Å². The first-order valence-corrected chi connectivity index (χ1v) is 11.0. The lowest BCUT2D eigenvalue weighted by Gasteiger charge is -2.27. The molecule has 2 amide bonds. The summed E-state index contributed by atoms with van der Waals surface area (Å²) < 4.78 is 1.75. The fraction of sp³-hybridized carbons (Fsp3) is 0.522. The summed E-state index contributed by atoms with van der Waals surface area (Å²) in [5.74, 6) is 0.292. The summed E-state index contributed by atoms with van der Waals surface area (Å²) in [5.41, 5.74) is 4.10. The Morgan fingerprint density at radius 1 is 1.27 bits per heavy atom. The summed E-state index contributed by atoms with van der Waals surface area (Å²) in [5, 5.41) is 7.77. The van der Waals surface area contributed by atoms with Gasteiger partial charge in [-0.25, -0.2) is 0 Å². The summed E-state index contributed by atoms with van der Waals surface area (Å²) in [7, 11) is 1.86. The van der Waals surface area contributed by atoms with Crippen molar-refractivity contribution in [1.29, 1.82) is 0 Å². The molecule has 1 N–H and O–H groups in total. The van der Waals surface area contributed by atoms with Crippen molar-refractivity contribution in [2.75, 3.05) is 6.54 Å². The van der Waals surface area contributed by atoms with Crippen LogP contribution in [0.25, 0.3) is 11.3 Å². The third kappa shape index (κ3) is 4.86. The predicted octanol–water partition coefficient (Wildman–Crippen LogP) is 4.26. The maximum Gasteiger partial charge on any atom is 0.243 e. The molecular formula is C23H31ClN4O2. The number of aryl methyl sites for hydroxylation is 2. The van der Waals surface area contributed by atoms with Crippen LogP contribution in [0.4, 0.5) is 0 Å². The second-order valence-corrected chi connectivity index (χ2v) is 9.01. The van der Waals surface area contributed by atoms with Gasteiger partial charge in [0.2, 0.25) is 11.8 Å². The predicted molar refractivity (Wildman–Crippen MR) is 119 cm³/mol. The molecule has 1 aromatic heterocycles. The van der Waals surface area contributed by atoms with Gasteiger partial charge in [0.1, 0.15) is 6.04 Å². The highest BCUT2D eigenvalue weighted by Crippen LogP contribution is 2.27. The fourth-order valence-electron chi connectivity index (χ4n) is 4.21. The number of hydrogen-bond donors (Lipinski definition) is 1. The molecule has 7 heteroatoms. The van der Waals surface area contributed by atoms with Gasteiger partial charge in [-0.1, -0.05) is 37.6 Å². The summed E-state index contributed by atoms with van der Waals surface area (Å²) >= 11 is 6.01. The van der Waals surface area contributed by atoms with Gasteiger partial charge >= 0.3 is 0 Å². The second kappa shape index (κ2) is 9.21. The molecule has 30 heavy (non-hydrogen) atoms. The monoisotopic (exact) mass is 430 g/mol. The third-order valence-electron chi connectivity index (χ3n) is 5.70. The van der Waals surface area contributed by atoms with Gasteiger partial charge in [-0.3, -0.25) is 14.3 Å². The Balaban J connectivity index is 1.71. The van der Waals surface area contributed by atoms with E-state index in [0.717, 1.165) is 35.2 Å². The standard InChI is InChI=1S/C23H31ClN4O2/c1-14(2)11-22(29)28-10-6-7-19(28)23(30)25-16(4)18-9-8-17(12-15(18)3)20-13-21(24)26-27(20)5/h8-9,12-14,16,19H,6-7,10-11H2,1-5H3,(H,25,30). The maximum absolute atomic E-state index is 12.9. The van der Waals surface area contributed by atoms with E-state index in [9.17, 15) is 9.59 Å². The SMILES string of the molecule is Cc1cc(-c2cc(Cl)nn2C)ccc1C(C)NC(=O)C1CCCN1C(=O)CC(C)C. The number of carbonyl (C=O) groups is 2. The molecule has 1 saturated heterocycles. The zero-order chi connectivity index (χ0) is 22.0. The first-order valence-electron chi connectivity index (χ1n) is 10.6. The Bertz CT molecular complexity index is 937. The highest BCUT2D eigenvalue weighted by atomic mass is 35.5. The van der Waals surface area contributed by atoms with Crippen molar-refractivity contribution in [3.63, 3.8) is 0 Å². The number of benzene rings is 1. The zero-order valence-corrected chi connectivity index (χ0v) is 19.2. The smallest absolute Gasteiger partial charge is 0.243 e. The van der Waals surface area contributed by atoms with E-state index in [1.165, 1.54) is 0 Å². The quantitative estimate of drug-likeness (QED) is 0.744. The molecular weight excluding hydrogens is 400 g/mol. The summed E-state index contributed by atoms with van der Waals surface area (Å²) in [4.78, 5) is 27.2. The molecule has 1 aliphatic heterocycles. The minimum absolute atomic E-state index is 0.0704. The van der Waals surface area contributed by atoms with Crippen LogP contribution in [0.5, 0.6) is 0 Å². The van der Waals surface area contributed by atoms with Crippen LogP contribution in [0.3, 0.4) is 0 Å². The van der Waals surface area contributed by atoms with E-state index < -0.39 is 0 Å². The number of carbonyl (C=O) groups excluding carboxylic acids is 2. The number of rotatable bonds is 6. The van der Waals surface area contributed by atoms with Crippen LogP contribution in [-0.2, 0) is 16.6 Å². The lowest BCUT2D eigenvalue weighted by Crippen LogP contribution is -2.46. The number of nitrogens with one attached hydrogen (secondary N) is 1. The normalized spacial score (nSPS) is 17.4.